The topological polar surface area (TPSA) is 92.3 Å². The predicted molar refractivity (Wildman–Crippen MR) is 77.2 cm³/mol. The lowest BCUT2D eigenvalue weighted by atomic mass is 10.1. The molecule has 1 unspecified atom stereocenters. The lowest BCUT2D eigenvalue weighted by Crippen LogP contribution is -2.05. The maximum absolute atomic E-state index is 10.6. The SMILES string of the molecule is CCOc1cc2c(cc1Cn1cnc([N+](=O)[O-])n1)OC(C)C2. The van der Waals surface area contributed by atoms with E-state index in [4.69, 9.17) is 9.47 Å². The van der Waals surface area contributed by atoms with Crippen molar-refractivity contribution in [1.82, 2.24) is 14.8 Å². The zero-order valence-electron chi connectivity index (χ0n) is 12.4. The maximum atomic E-state index is 10.6. The van der Waals surface area contributed by atoms with Gasteiger partial charge in [0, 0.05) is 22.6 Å². The van der Waals surface area contributed by atoms with Crippen molar-refractivity contribution in [2.45, 2.75) is 32.9 Å². The van der Waals surface area contributed by atoms with Crippen LogP contribution in [0.1, 0.15) is 25.0 Å². The Kier molecular flexibility index (Phi) is 3.66. The van der Waals surface area contributed by atoms with Crippen LogP contribution in [0.15, 0.2) is 18.5 Å². The number of nitrogens with zero attached hydrogens (tertiary/aromatic N) is 4. The molecule has 2 aromatic rings. The van der Waals surface area contributed by atoms with Crippen LogP contribution in [-0.2, 0) is 13.0 Å². The molecule has 0 fully saturated rings. The van der Waals surface area contributed by atoms with Gasteiger partial charge in [0.25, 0.3) is 0 Å². The molecule has 0 N–H and O–H groups in total. The third kappa shape index (κ3) is 2.72. The van der Waals surface area contributed by atoms with Gasteiger partial charge in [-0.15, -0.1) is 0 Å². The van der Waals surface area contributed by atoms with E-state index >= 15 is 0 Å². The van der Waals surface area contributed by atoms with Crippen LogP contribution < -0.4 is 9.47 Å². The predicted octanol–water partition coefficient (Wildman–Crippen LogP) is 1.96. The molecule has 0 radical (unpaired) electrons. The average Bonchev–Trinajstić information content (AvgIpc) is 3.05. The first-order valence-electron chi connectivity index (χ1n) is 7.06. The van der Waals surface area contributed by atoms with Crippen LogP contribution in [0, 0.1) is 10.1 Å². The van der Waals surface area contributed by atoms with Crippen molar-refractivity contribution in [2.75, 3.05) is 6.61 Å². The maximum Gasteiger partial charge on any atom is 0.490 e. The summed E-state index contributed by atoms with van der Waals surface area (Å²) < 4.78 is 12.8. The van der Waals surface area contributed by atoms with Gasteiger partial charge in [0.05, 0.1) is 13.2 Å². The van der Waals surface area contributed by atoms with Gasteiger partial charge in [-0.3, -0.25) is 0 Å². The number of hydrogen-bond acceptors (Lipinski definition) is 6. The number of ether oxygens (including phenoxy) is 2. The van der Waals surface area contributed by atoms with E-state index < -0.39 is 10.9 Å². The van der Waals surface area contributed by atoms with E-state index in [0.717, 1.165) is 29.0 Å². The van der Waals surface area contributed by atoms with E-state index in [9.17, 15) is 10.1 Å². The Hall–Kier alpha value is -2.64. The number of benzene rings is 1. The molecule has 1 atom stereocenters. The minimum Gasteiger partial charge on any atom is -0.494 e. The molecule has 0 bridgehead atoms. The Morgan fingerprint density at radius 2 is 2.36 bits per heavy atom. The number of aromatic nitrogens is 3. The highest BCUT2D eigenvalue weighted by Crippen LogP contribution is 2.35. The minimum atomic E-state index is -0.618. The largest absolute Gasteiger partial charge is 0.494 e. The number of rotatable bonds is 5. The van der Waals surface area contributed by atoms with Crippen LogP contribution >= 0.6 is 0 Å². The highest BCUT2D eigenvalue weighted by Gasteiger charge is 2.23. The molecule has 0 saturated carbocycles. The van der Waals surface area contributed by atoms with Crippen LogP contribution in [-0.4, -0.2) is 32.4 Å². The lowest BCUT2D eigenvalue weighted by Gasteiger charge is -2.11. The number of nitro groups is 1. The molecule has 3 rings (SSSR count). The Balaban J connectivity index is 1.91. The summed E-state index contributed by atoms with van der Waals surface area (Å²) in [5.74, 6) is 1.17. The van der Waals surface area contributed by atoms with Crippen molar-refractivity contribution in [3.63, 3.8) is 0 Å². The number of hydrogen-bond donors (Lipinski definition) is 0. The molecule has 116 valence electrons. The van der Waals surface area contributed by atoms with Crippen LogP contribution in [0.5, 0.6) is 11.5 Å². The van der Waals surface area contributed by atoms with Crippen molar-refractivity contribution in [3.8, 4) is 11.5 Å². The summed E-state index contributed by atoms with van der Waals surface area (Å²) in [6.07, 6.45) is 2.34. The summed E-state index contributed by atoms with van der Waals surface area (Å²) in [4.78, 5) is 13.7. The third-order valence-corrected chi connectivity index (χ3v) is 3.40. The summed E-state index contributed by atoms with van der Waals surface area (Å²) >= 11 is 0. The molecule has 2 heterocycles. The van der Waals surface area contributed by atoms with Crippen LogP contribution in [0.3, 0.4) is 0 Å². The molecular formula is C14H16N4O4. The summed E-state index contributed by atoms with van der Waals surface area (Å²) in [7, 11) is 0. The molecule has 8 heteroatoms. The van der Waals surface area contributed by atoms with Crippen LogP contribution in [0.4, 0.5) is 5.95 Å². The Bertz CT molecular complexity index is 713. The fraction of sp³-hybridized carbons (Fsp3) is 0.429. The highest BCUT2D eigenvalue weighted by atomic mass is 16.6. The molecule has 1 aliphatic rings. The smallest absolute Gasteiger partial charge is 0.490 e. The van der Waals surface area contributed by atoms with Crippen molar-refractivity contribution in [3.05, 3.63) is 39.7 Å². The Morgan fingerprint density at radius 1 is 1.55 bits per heavy atom. The van der Waals surface area contributed by atoms with Gasteiger partial charge in [0.1, 0.15) is 17.6 Å². The molecule has 0 spiro atoms. The standard InChI is InChI=1S/C14H16N4O4/c1-3-21-12-5-10-4-9(2)22-13(10)6-11(12)7-17-8-15-14(16-17)18(19)20/h5-6,8-9H,3-4,7H2,1-2H3. The van der Waals surface area contributed by atoms with Gasteiger partial charge in [-0.1, -0.05) is 4.98 Å². The molecular weight excluding hydrogens is 288 g/mol. The normalized spacial score (nSPS) is 16.2. The first-order valence-corrected chi connectivity index (χ1v) is 7.06. The van der Waals surface area contributed by atoms with Gasteiger partial charge in [0.2, 0.25) is 6.33 Å². The fourth-order valence-electron chi connectivity index (χ4n) is 2.51. The lowest BCUT2D eigenvalue weighted by molar-refractivity contribution is -0.394. The molecule has 1 aliphatic heterocycles. The van der Waals surface area contributed by atoms with Gasteiger partial charge in [0.15, 0.2) is 0 Å². The van der Waals surface area contributed by atoms with Gasteiger partial charge in [-0.25, -0.2) is 0 Å². The van der Waals surface area contributed by atoms with E-state index in [2.05, 4.69) is 10.1 Å². The minimum absolute atomic E-state index is 0.146. The molecule has 1 aromatic heterocycles. The fourth-order valence-corrected chi connectivity index (χ4v) is 2.51. The summed E-state index contributed by atoms with van der Waals surface area (Å²) in [5.41, 5.74) is 1.97. The van der Waals surface area contributed by atoms with E-state index in [1.54, 1.807) is 0 Å². The third-order valence-electron chi connectivity index (χ3n) is 3.40. The van der Waals surface area contributed by atoms with E-state index in [-0.39, 0.29) is 6.10 Å². The van der Waals surface area contributed by atoms with Gasteiger partial charge in [-0.2, -0.15) is 4.68 Å². The first-order chi connectivity index (χ1) is 10.6. The van der Waals surface area contributed by atoms with Crippen molar-refractivity contribution >= 4 is 5.95 Å². The second-order valence-corrected chi connectivity index (χ2v) is 5.13. The Morgan fingerprint density at radius 3 is 3.05 bits per heavy atom. The van der Waals surface area contributed by atoms with Crippen molar-refractivity contribution in [1.29, 1.82) is 0 Å². The molecule has 1 aromatic carbocycles. The first kappa shape index (κ1) is 14.3. The highest BCUT2D eigenvalue weighted by molar-refractivity contribution is 5.48. The summed E-state index contributed by atoms with van der Waals surface area (Å²) in [5, 5.41) is 14.5. The van der Waals surface area contributed by atoms with E-state index in [0.29, 0.717) is 13.2 Å². The van der Waals surface area contributed by atoms with Gasteiger partial charge in [-0.05, 0) is 30.9 Å². The van der Waals surface area contributed by atoms with Gasteiger partial charge < -0.3 is 19.6 Å². The summed E-state index contributed by atoms with van der Waals surface area (Å²) in [6.45, 7) is 4.80. The van der Waals surface area contributed by atoms with Crippen LogP contribution in [0.2, 0.25) is 0 Å². The molecule has 8 nitrogen and oxygen atoms in total. The van der Waals surface area contributed by atoms with Crippen LogP contribution in [0.25, 0.3) is 0 Å². The quantitative estimate of drug-likeness (QED) is 0.619. The number of fused-ring (bicyclic) bond motifs is 1. The van der Waals surface area contributed by atoms with Crippen molar-refractivity contribution in [2.24, 2.45) is 0 Å². The van der Waals surface area contributed by atoms with E-state index in [1.807, 2.05) is 26.0 Å². The second kappa shape index (κ2) is 5.63. The average molecular weight is 304 g/mol. The zero-order valence-corrected chi connectivity index (χ0v) is 12.4. The van der Waals surface area contributed by atoms with Crippen molar-refractivity contribution < 1.29 is 14.4 Å². The molecule has 22 heavy (non-hydrogen) atoms. The monoisotopic (exact) mass is 304 g/mol. The second-order valence-electron chi connectivity index (χ2n) is 5.13. The zero-order chi connectivity index (χ0) is 15.7. The van der Waals surface area contributed by atoms with Gasteiger partial charge >= 0.3 is 5.95 Å². The molecule has 0 saturated heterocycles. The molecule has 0 aliphatic carbocycles. The summed E-state index contributed by atoms with van der Waals surface area (Å²) in [6, 6.07) is 3.89. The Labute approximate surface area is 126 Å². The molecule has 0 amide bonds. The van der Waals surface area contributed by atoms with E-state index in [1.165, 1.54) is 11.0 Å².